The number of morpholine rings is 1. The number of thiazole rings is 1. The van der Waals surface area contributed by atoms with Gasteiger partial charge in [-0.2, -0.15) is 4.31 Å². The first kappa shape index (κ1) is 23.1. The lowest BCUT2D eigenvalue weighted by Crippen LogP contribution is -2.48. The Hall–Kier alpha value is -2.11. The van der Waals surface area contributed by atoms with E-state index in [2.05, 4.69) is 23.3 Å². The lowest BCUT2D eigenvalue weighted by Gasteiger charge is -2.34. The van der Waals surface area contributed by atoms with Crippen molar-refractivity contribution in [1.82, 2.24) is 9.29 Å². The molecule has 0 aliphatic carbocycles. The molecular formula is C22H25N3O4S3. The predicted molar refractivity (Wildman–Crippen MR) is 128 cm³/mol. The van der Waals surface area contributed by atoms with Crippen molar-refractivity contribution in [2.75, 3.05) is 18.4 Å². The molecule has 3 aromatic rings. The molecule has 1 saturated heterocycles. The quantitative estimate of drug-likeness (QED) is 0.566. The third kappa shape index (κ3) is 4.79. The number of aromatic nitrogens is 1. The summed E-state index contributed by atoms with van der Waals surface area (Å²) in [5, 5.41) is 5.17. The van der Waals surface area contributed by atoms with E-state index in [1.54, 1.807) is 23.5 Å². The van der Waals surface area contributed by atoms with Crippen LogP contribution in [0.2, 0.25) is 0 Å². The number of carbonyl (C=O) groups excluding carboxylic acids is 1. The van der Waals surface area contributed by atoms with Crippen LogP contribution in [0, 0.1) is 13.8 Å². The van der Waals surface area contributed by atoms with Crippen molar-refractivity contribution >= 4 is 43.7 Å². The summed E-state index contributed by atoms with van der Waals surface area (Å²) >= 11 is 3.05. The maximum Gasteiger partial charge on any atom is 0.257 e. The van der Waals surface area contributed by atoms with Crippen molar-refractivity contribution in [2.45, 2.75) is 44.8 Å². The van der Waals surface area contributed by atoms with E-state index >= 15 is 0 Å². The summed E-state index contributed by atoms with van der Waals surface area (Å²) in [5.74, 6) is -0.398. The number of carbonyl (C=O) groups is 1. The van der Waals surface area contributed by atoms with Crippen LogP contribution in [0.1, 0.15) is 34.0 Å². The minimum Gasteiger partial charge on any atom is -0.373 e. The summed E-state index contributed by atoms with van der Waals surface area (Å²) in [7, 11) is -3.73. The van der Waals surface area contributed by atoms with Gasteiger partial charge in [-0.15, -0.1) is 22.7 Å². The zero-order chi connectivity index (χ0) is 23.0. The maximum atomic E-state index is 13.1. The Morgan fingerprint density at radius 3 is 2.56 bits per heavy atom. The fourth-order valence-electron chi connectivity index (χ4n) is 3.78. The third-order valence-corrected chi connectivity index (χ3v) is 8.71. The molecule has 1 aromatic carbocycles. The molecular weight excluding hydrogens is 466 g/mol. The second-order valence-corrected chi connectivity index (χ2v) is 12.2. The minimum atomic E-state index is -3.73. The van der Waals surface area contributed by atoms with Crippen LogP contribution in [-0.2, 0) is 14.8 Å². The fourth-order valence-corrected chi connectivity index (χ4v) is 7.06. The Morgan fingerprint density at radius 2 is 1.91 bits per heavy atom. The molecule has 2 unspecified atom stereocenters. The molecule has 32 heavy (non-hydrogen) atoms. The molecule has 0 radical (unpaired) electrons. The van der Waals surface area contributed by atoms with Crippen molar-refractivity contribution in [3.8, 4) is 11.3 Å². The number of hydrogen-bond donors (Lipinski definition) is 1. The largest absolute Gasteiger partial charge is 0.373 e. The van der Waals surface area contributed by atoms with Gasteiger partial charge in [-0.05, 0) is 52.0 Å². The molecule has 1 aliphatic heterocycles. The molecule has 170 valence electrons. The van der Waals surface area contributed by atoms with E-state index in [9.17, 15) is 13.2 Å². The van der Waals surface area contributed by atoms with Crippen molar-refractivity contribution in [1.29, 1.82) is 0 Å². The summed E-state index contributed by atoms with van der Waals surface area (Å²) in [4.78, 5) is 19.8. The third-order valence-electron chi connectivity index (χ3n) is 5.16. The number of hydrogen-bond acceptors (Lipinski definition) is 7. The number of ether oxygens (including phenoxy) is 1. The molecule has 0 bridgehead atoms. The lowest BCUT2D eigenvalue weighted by atomic mass is 10.2. The van der Waals surface area contributed by atoms with Crippen LogP contribution in [0.5, 0.6) is 0 Å². The van der Waals surface area contributed by atoms with Crippen molar-refractivity contribution in [2.24, 2.45) is 0 Å². The molecule has 0 saturated carbocycles. The molecule has 2 aromatic heterocycles. The van der Waals surface area contributed by atoms with E-state index in [0.29, 0.717) is 5.13 Å². The van der Waals surface area contributed by atoms with Crippen molar-refractivity contribution in [3.63, 3.8) is 0 Å². The summed E-state index contributed by atoms with van der Waals surface area (Å²) in [5.41, 5.74) is 2.14. The molecule has 10 heteroatoms. The number of rotatable bonds is 5. The van der Waals surface area contributed by atoms with Gasteiger partial charge in [0.05, 0.1) is 22.8 Å². The number of nitrogens with one attached hydrogen (secondary N) is 1. The zero-order valence-electron chi connectivity index (χ0n) is 18.3. The van der Waals surface area contributed by atoms with Gasteiger partial charge in [-0.3, -0.25) is 10.1 Å². The Kier molecular flexibility index (Phi) is 6.51. The number of aryl methyl sites for hydroxylation is 2. The van der Waals surface area contributed by atoms with E-state index in [1.807, 2.05) is 26.2 Å². The molecule has 1 fully saturated rings. The van der Waals surface area contributed by atoms with Gasteiger partial charge in [0, 0.05) is 39.4 Å². The fraction of sp³-hybridized carbons (Fsp3) is 0.364. The highest BCUT2D eigenvalue weighted by atomic mass is 32.2. The highest BCUT2D eigenvalue weighted by Crippen LogP contribution is 2.32. The second kappa shape index (κ2) is 9.03. The second-order valence-electron chi connectivity index (χ2n) is 7.93. The van der Waals surface area contributed by atoms with Gasteiger partial charge in [0.25, 0.3) is 5.91 Å². The molecule has 3 heterocycles. The van der Waals surface area contributed by atoms with Crippen LogP contribution in [0.3, 0.4) is 0 Å². The topological polar surface area (TPSA) is 88.6 Å². The van der Waals surface area contributed by atoms with Crippen molar-refractivity contribution < 1.29 is 17.9 Å². The molecule has 0 spiro atoms. The standard InChI is InChI=1S/C22H25N3O4S3/c1-13-10-25(11-14(2)29-13)32(27,28)18-7-5-6-17(9-18)21(26)24-22-23-20(12-30-22)19-8-15(3)31-16(19)4/h5-9,12-14H,10-11H2,1-4H3,(H,23,24,26). The van der Waals surface area contributed by atoms with E-state index in [1.165, 1.54) is 37.5 Å². The van der Waals surface area contributed by atoms with Crippen LogP contribution in [-0.4, -0.2) is 48.9 Å². The predicted octanol–water partition coefficient (Wildman–Crippen LogP) is 4.54. The highest BCUT2D eigenvalue weighted by Gasteiger charge is 2.32. The first-order valence-corrected chi connectivity index (χ1v) is 13.4. The van der Waals surface area contributed by atoms with E-state index in [0.717, 1.165) is 11.3 Å². The summed E-state index contributed by atoms with van der Waals surface area (Å²) in [6.45, 7) is 8.37. The number of anilines is 1. The van der Waals surface area contributed by atoms with Crippen LogP contribution in [0.4, 0.5) is 5.13 Å². The number of amides is 1. The van der Waals surface area contributed by atoms with Gasteiger partial charge < -0.3 is 4.74 Å². The molecule has 7 nitrogen and oxygen atoms in total. The average Bonchev–Trinajstić information content (AvgIpc) is 3.32. The van der Waals surface area contributed by atoms with Crippen molar-refractivity contribution in [3.05, 3.63) is 51.0 Å². The van der Waals surface area contributed by atoms with Crippen LogP contribution in [0.15, 0.2) is 40.6 Å². The maximum absolute atomic E-state index is 13.1. The Balaban J connectivity index is 1.52. The number of thiophene rings is 1. The minimum absolute atomic E-state index is 0.0932. The van der Waals surface area contributed by atoms with E-state index in [4.69, 9.17) is 4.74 Å². The van der Waals surface area contributed by atoms with Gasteiger partial charge in [0.1, 0.15) is 0 Å². The van der Waals surface area contributed by atoms with E-state index in [-0.39, 0.29) is 35.8 Å². The Labute approximate surface area is 196 Å². The smallest absolute Gasteiger partial charge is 0.257 e. The molecule has 1 aliphatic rings. The van der Waals surface area contributed by atoms with E-state index < -0.39 is 15.9 Å². The van der Waals surface area contributed by atoms with Crippen LogP contribution >= 0.6 is 22.7 Å². The van der Waals surface area contributed by atoms with Crippen LogP contribution < -0.4 is 5.32 Å². The average molecular weight is 492 g/mol. The molecule has 1 amide bonds. The lowest BCUT2D eigenvalue weighted by molar-refractivity contribution is -0.0440. The van der Waals surface area contributed by atoms with Gasteiger partial charge in [0.2, 0.25) is 10.0 Å². The van der Waals surface area contributed by atoms with Gasteiger partial charge >= 0.3 is 0 Å². The van der Waals surface area contributed by atoms with Crippen LogP contribution in [0.25, 0.3) is 11.3 Å². The number of benzene rings is 1. The summed E-state index contributed by atoms with van der Waals surface area (Å²) in [6.07, 6.45) is -0.371. The summed E-state index contributed by atoms with van der Waals surface area (Å²) in [6, 6.07) is 8.19. The Morgan fingerprint density at radius 1 is 1.19 bits per heavy atom. The Bertz CT molecular complexity index is 1240. The zero-order valence-corrected chi connectivity index (χ0v) is 20.7. The highest BCUT2D eigenvalue weighted by molar-refractivity contribution is 7.89. The number of nitrogens with zero attached hydrogens (tertiary/aromatic N) is 2. The van der Waals surface area contributed by atoms with Gasteiger partial charge in [0.15, 0.2) is 5.13 Å². The number of sulfonamides is 1. The SMILES string of the molecule is Cc1cc(-c2csc(NC(=O)c3cccc(S(=O)(=O)N4CC(C)OC(C)C4)c3)n2)c(C)s1. The monoisotopic (exact) mass is 491 g/mol. The molecule has 4 rings (SSSR count). The first-order chi connectivity index (χ1) is 15.1. The normalized spacial score (nSPS) is 19.8. The molecule has 1 N–H and O–H groups in total. The first-order valence-electron chi connectivity index (χ1n) is 10.2. The van der Waals surface area contributed by atoms with Gasteiger partial charge in [-0.25, -0.2) is 13.4 Å². The molecule has 2 atom stereocenters. The van der Waals surface area contributed by atoms with Gasteiger partial charge in [-0.1, -0.05) is 6.07 Å². The summed E-state index contributed by atoms with van der Waals surface area (Å²) < 4.78 is 33.3.